The molecule has 0 atom stereocenters. The van der Waals surface area contributed by atoms with Gasteiger partial charge in [0.05, 0.1) is 0 Å². The van der Waals surface area contributed by atoms with Crippen LogP contribution in [0.1, 0.15) is 32.3 Å². The quantitative estimate of drug-likeness (QED) is 0.777. The fraction of sp³-hybridized carbons (Fsp3) is 0.533. The number of carbonyl (C=O) groups excluding carboxylic acids is 1. The van der Waals surface area contributed by atoms with Gasteiger partial charge in [-0.15, -0.1) is 0 Å². The van der Waals surface area contributed by atoms with Crippen LogP contribution in [0.5, 0.6) is 0 Å². The number of hydrogen-bond donors (Lipinski definition) is 1. The number of benzene rings is 1. The highest BCUT2D eigenvalue weighted by Crippen LogP contribution is 2.20. The molecule has 0 aliphatic carbocycles. The van der Waals surface area contributed by atoms with Crippen LogP contribution in [-0.4, -0.2) is 30.4 Å². The molecule has 1 rings (SSSR count). The minimum absolute atomic E-state index is 0.131. The summed E-state index contributed by atoms with van der Waals surface area (Å²) >= 11 is 11.9. The molecule has 0 aromatic heterocycles. The molecule has 1 N–H and O–H groups in total. The summed E-state index contributed by atoms with van der Waals surface area (Å²) in [5.41, 5.74) is 0.943. The van der Waals surface area contributed by atoms with E-state index in [1.807, 2.05) is 12.1 Å². The van der Waals surface area contributed by atoms with Crippen LogP contribution in [0.2, 0.25) is 10.0 Å². The van der Waals surface area contributed by atoms with E-state index in [0.29, 0.717) is 29.1 Å². The molecule has 0 spiro atoms. The third-order valence-electron chi connectivity index (χ3n) is 2.89. The zero-order valence-corrected chi connectivity index (χ0v) is 13.8. The third kappa shape index (κ3) is 6.60. The van der Waals surface area contributed by atoms with E-state index in [1.54, 1.807) is 18.0 Å². The van der Waals surface area contributed by atoms with Crippen molar-refractivity contribution < 1.29 is 4.79 Å². The Morgan fingerprint density at radius 1 is 1.25 bits per heavy atom. The standard InChI is InChI=1S/C15H22Cl2N2O/c1-11(2)18-6-4-5-15(20)19(3)10-12-7-13(16)9-14(17)8-12/h7-9,11,18H,4-6,10H2,1-3H3. The second kappa shape index (κ2) is 8.50. The highest BCUT2D eigenvalue weighted by Gasteiger charge is 2.10. The van der Waals surface area contributed by atoms with Gasteiger partial charge in [0.2, 0.25) is 5.91 Å². The van der Waals surface area contributed by atoms with Crippen molar-refractivity contribution in [2.24, 2.45) is 0 Å². The lowest BCUT2D eigenvalue weighted by Crippen LogP contribution is -2.28. The lowest BCUT2D eigenvalue weighted by Gasteiger charge is -2.18. The topological polar surface area (TPSA) is 32.3 Å². The molecule has 1 aromatic rings. The normalized spacial score (nSPS) is 10.9. The van der Waals surface area contributed by atoms with E-state index in [9.17, 15) is 4.79 Å². The van der Waals surface area contributed by atoms with Crippen molar-refractivity contribution in [1.29, 1.82) is 0 Å². The Hall–Kier alpha value is -0.770. The second-order valence-corrected chi connectivity index (χ2v) is 6.11. The first-order valence-corrected chi connectivity index (χ1v) is 7.56. The number of amides is 1. The van der Waals surface area contributed by atoms with Gasteiger partial charge >= 0.3 is 0 Å². The van der Waals surface area contributed by atoms with Crippen molar-refractivity contribution in [2.45, 2.75) is 39.3 Å². The first-order chi connectivity index (χ1) is 9.38. The molecule has 0 saturated heterocycles. The zero-order chi connectivity index (χ0) is 15.1. The number of rotatable bonds is 7. The lowest BCUT2D eigenvalue weighted by atomic mass is 10.2. The maximum absolute atomic E-state index is 12.0. The molecule has 20 heavy (non-hydrogen) atoms. The molecule has 1 amide bonds. The molecule has 1 aromatic carbocycles. The zero-order valence-electron chi connectivity index (χ0n) is 12.2. The van der Waals surface area contributed by atoms with Crippen LogP contribution in [-0.2, 0) is 11.3 Å². The number of halogens is 2. The van der Waals surface area contributed by atoms with Crippen LogP contribution < -0.4 is 5.32 Å². The molecule has 3 nitrogen and oxygen atoms in total. The van der Waals surface area contributed by atoms with Crippen molar-refractivity contribution >= 4 is 29.1 Å². The summed E-state index contributed by atoms with van der Waals surface area (Å²) in [6, 6.07) is 5.80. The molecule has 5 heteroatoms. The van der Waals surface area contributed by atoms with Crippen molar-refractivity contribution in [3.8, 4) is 0 Å². The molecular formula is C15H22Cl2N2O. The van der Waals surface area contributed by atoms with E-state index in [2.05, 4.69) is 19.2 Å². The Morgan fingerprint density at radius 2 is 1.85 bits per heavy atom. The number of nitrogens with zero attached hydrogens (tertiary/aromatic N) is 1. The van der Waals surface area contributed by atoms with Gasteiger partial charge in [-0.1, -0.05) is 37.0 Å². The lowest BCUT2D eigenvalue weighted by molar-refractivity contribution is -0.130. The summed E-state index contributed by atoms with van der Waals surface area (Å²) in [5, 5.41) is 4.48. The van der Waals surface area contributed by atoms with Crippen LogP contribution in [0.3, 0.4) is 0 Å². The number of hydrogen-bond acceptors (Lipinski definition) is 2. The second-order valence-electron chi connectivity index (χ2n) is 5.24. The Bertz CT molecular complexity index is 429. The Kier molecular flexibility index (Phi) is 7.35. The van der Waals surface area contributed by atoms with Gasteiger partial charge in [0.1, 0.15) is 0 Å². The maximum Gasteiger partial charge on any atom is 0.222 e. The average molecular weight is 317 g/mol. The van der Waals surface area contributed by atoms with E-state index in [4.69, 9.17) is 23.2 Å². The molecular weight excluding hydrogens is 295 g/mol. The summed E-state index contributed by atoms with van der Waals surface area (Å²) in [7, 11) is 1.80. The predicted molar refractivity (Wildman–Crippen MR) is 85.3 cm³/mol. The Labute approximate surface area is 131 Å². The summed E-state index contributed by atoms with van der Waals surface area (Å²) in [6.45, 7) is 5.57. The molecule has 0 aliphatic heterocycles. The van der Waals surface area contributed by atoms with E-state index >= 15 is 0 Å². The smallest absolute Gasteiger partial charge is 0.222 e. The monoisotopic (exact) mass is 316 g/mol. The Balaban J connectivity index is 2.41. The van der Waals surface area contributed by atoms with Crippen LogP contribution in [0.15, 0.2) is 18.2 Å². The predicted octanol–water partition coefficient (Wildman–Crippen LogP) is 3.73. The third-order valence-corrected chi connectivity index (χ3v) is 3.32. The van der Waals surface area contributed by atoms with Crippen LogP contribution in [0.4, 0.5) is 0 Å². The summed E-state index contributed by atoms with van der Waals surface area (Å²) < 4.78 is 0. The molecule has 0 saturated carbocycles. The van der Waals surface area contributed by atoms with Crippen LogP contribution >= 0.6 is 23.2 Å². The van der Waals surface area contributed by atoms with Gasteiger partial charge in [0.25, 0.3) is 0 Å². The van der Waals surface area contributed by atoms with Crippen molar-refractivity contribution in [1.82, 2.24) is 10.2 Å². The number of carbonyl (C=O) groups is 1. The van der Waals surface area contributed by atoms with Crippen LogP contribution in [0.25, 0.3) is 0 Å². The minimum atomic E-state index is 0.131. The van der Waals surface area contributed by atoms with Gasteiger partial charge in [-0.3, -0.25) is 4.79 Å². The molecule has 0 unspecified atom stereocenters. The van der Waals surface area contributed by atoms with Crippen molar-refractivity contribution in [3.05, 3.63) is 33.8 Å². The molecule has 112 valence electrons. The molecule has 0 heterocycles. The van der Waals surface area contributed by atoms with Gasteiger partial charge in [-0.2, -0.15) is 0 Å². The first-order valence-electron chi connectivity index (χ1n) is 6.81. The SMILES string of the molecule is CC(C)NCCCC(=O)N(C)Cc1cc(Cl)cc(Cl)c1. The summed E-state index contributed by atoms with van der Waals surface area (Å²) in [6.07, 6.45) is 1.39. The van der Waals surface area contributed by atoms with Gasteiger partial charge in [-0.05, 0) is 36.7 Å². The van der Waals surface area contributed by atoms with E-state index in [-0.39, 0.29) is 5.91 Å². The average Bonchev–Trinajstić information content (AvgIpc) is 2.32. The summed E-state index contributed by atoms with van der Waals surface area (Å²) in [5.74, 6) is 0.131. The fourth-order valence-corrected chi connectivity index (χ4v) is 2.46. The largest absolute Gasteiger partial charge is 0.341 e. The van der Waals surface area contributed by atoms with Gasteiger partial charge < -0.3 is 10.2 Å². The Morgan fingerprint density at radius 3 is 2.40 bits per heavy atom. The maximum atomic E-state index is 12.0. The van der Waals surface area contributed by atoms with Gasteiger partial charge in [-0.25, -0.2) is 0 Å². The van der Waals surface area contributed by atoms with E-state index < -0.39 is 0 Å². The van der Waals surface area contributed by atoms with E-state index in [1.165, 1.54) is 0 Å². The van der Waals surface area contributed by atoms with Crippen molar-refractivity contribution in [2.75, 3.05) is 13.6 Å². The van der Waals surface area contributed by atoms with Crippen LogP contribution in [0, 0.1) is 0 Å². The highest BCUT2D eigenvalue weighted by atomic mass is 35.5. The van der Waals surface area contributed by atoms with Gasteiger partial charge in [0.15, 0.2) is 0 Å². The molecule has 0 bridgehead atoms. The molecule has 0 radical (unpaired) electrons. The molecule has 0 aliphatic rings. The van der Waals surface area contributed by atoms with Crippen molar-refractivity contribution in [3.63, 3.8) is 0 Å². The number of nitrogens with one attached hydrogen (secondary N) is 1. The minimum Gasteiger partial charge on any atom is -0.341 e. The van der Waals surface area contributed by atoms with E-state index in [0.717, 1.165) is 18.5 Å². The highest BCUT2D eigenvalue weighted by molar-refractivity contribution is 6.34. The molecule has 0 fully saturated rings. The fourth-order valence-electron chi connectivity index (χ4n) is 1.89. The van der Waals surface area contributed by atoms with Gasteiger partial charge in [0, 0.05) is 36.1 Å². The summed E-state index contributed by atoms with van der Waals surface area (Å²) in [4.78, 5) is 13.7. The first kappa shape index (κ1) is 17.3.